The summed E-state index contributed by atoms with van der Waals surface area (Å²) in [6, 6.07) is 25.2. The molecule has 0 aliphatic carbocycles. The third-order valence-electron chi connectivity index (χ3n) is 5.88. The Balaban J connectivity index is 1.76. The Morgan fingerprint density at radius 1 is 0.943 bits per heavy atom. The van der Waals surface area contributed by atoms with Crippen LogP contribution in [0.15, 0.2) is 78.9 Å². The van der Waals surface area contributed by atoms with Crippen LogP contribution in [-0.2, 0) is 16.1 Å². The highest BCUT2D eigenvalue weighted by molar-refractivity contribution is 6.43. The normalized spacial score (nSPS) is 14.2. The minimum Gasteiger partial charge on any atom is -0.449 e. The van der Waals surface area contributed by atoms with E-state index in [4.69, 9.17) is 4.74 Å². The van der Waals surface area contributed by atoms with E-state index in [1.165, 1.54) is 5.56 Å². The summed E-state index contributed by atoms with van der Waals surface area (Å²) in [5.74, 6) is -0.409. The van der Waals surface area contributed by atoms with Crippen LogP contribution in [0.3, 0.4) is 0 Å². The second-order valence-electron chi connectivity index (χ2n) is 8.53. The van der Waals surface area contributed by atoms with Gasteiger partial charge in [-0.25, -0.2) is 9.69 Å². The largest absolute Gasteiger partial charge is 0.449 e. The van der Waals surface area contributed by atoms with Crippen molar-refractivity contribution in [2.24, 2.45) is 0 Å². The lowest BCUT2D eigenvalue weighted by Crippen LogP contribution is -2.34. The number of amides is 2. The molecule has 1 aliphatic rings. The molecule has 1 aliphatic heterocycles. The Hall–Kier alpha value is -3.90. The highest BCUT2D eigenvalue weighted by Crippen LogP contribution is 2.41. The molecule has 4 rings (SSSR count). The lowest BCUT2D eigenvalue weighted by Gasteiger charge is -2.18. The van der Waals surface area contributed by atoms with Gasteiger partial charge < -0.3 is 15.0 Å². The number of nitrogens with zero attached hydrogens (tertiary/aromatic N) is 2. The smallest absolute Gasteiger partial charge is 0.421 e. The van der Waals surface area contributed by atoms with E-state index in [0.717, 1.165) is 35.7 Å². The fraction of sp³-hybridized carbons (Fsp3) is 0.241. The Morgan fingerprint density at radius 2 is 1.63 bits per heavy atom. The zero-order valence-corrected chi connectivity index (χ0v) is 20.5. The zero-order chi connectivity index (χ0) is 24.8. The van der Waals surface area contributed by atoms with Crippen molar-refractivity contribution in [1.29, 1.82) is 0 Å². The Kier molecular flexibility index (Phi) is 7.63. The van der Waals surface area contributed by atoms with Crippen LogP contribution in [0.1, 0.15) is 37.0 Å². The molecule has 0 spiro atoms. The number of carbonyl (C=O) groups is 2. The molecule has 0 bridgehead atoms. The van der Waals surface area contributed by atoms with E-state index in [2.05, 4.69) is 36.3 Å². The van der Waals surface area contributed by atoms with Gasteiger partial charge in [0.2, 0.25) is 0 Å². The first-order chi connectivity index (χ1) is 17.0. The summed E-state index contributed by atoms with van der Waals surface area (Å²) in [5, 5.41) is 3.47. The number of imide groups is 1. The van der Waals surface area contributed by atoms with Gasteiger partial charge in [0.25, 0.3) is 5.91 Å². The van der Waals surface area contributed by atoms with Crippen molar-refractivity contribution in [2.75, 3.05) is 30.4 Å². The van der Waals surface area contributed by atoms with E-state index in [-0.39, 0.29) is 6.61 Å². The molecule has 0 radical (unpaired) electrons. The molecule has 0 saturated heterocycles. The third-order valence-corrected chi connectivity index (χ3v) is 5.88. The molecule has 6 heteroatoms. The monoisotopic (exact) mass is 469 g/mol. The number of para-hydroxylation sites is 1. The summed E-state index contributed by atoms with van der Waals surface area (Å²) in [6.45, 7) is 6.01. The molecule has 180 valence electrons. The van der Waals surface area contributed by atoms with Crippen LogP contribution in [-0.4, -0.2) is 37.1 Å². The molecule has 3 aromatic carbocycles. The van der Waals surface area contributed by atoms with E-state index in [9.17, 15) is 9.59 Å². The Morgan fingerprint density at radius 3 is 2.31 bits per heavy atom. The molecular weight excluding hydrogens is 438 g/mol. The minimum atomic E-state index is -0.673. The molecule has 0 saturated carbocycles. The fourth-order valence-electron chi connectivity index (χ4n) is 4.32. The van der Waals surface area contributed by atoms with Gasteiger partial charge in [-0.05, 0) is 56.3 Å². The summed E-state index contributed by atoms with van der Waals surface area (Å²) in [6.07, 6.45) is 0.440. The van der Waals surface area contributed by atoms with Gasteiger partial charge in [0, 0.05) is 17.8 Å². The number of hydrogen-bond acceptors (Lipinski definition) is 5. The van der Waals surface area contributed by atoms with E-state index >= 15 is 0 Å². The van der Waals surface area contributed by atoms with Crippen LogP contribution < -0.4 is 10.2 Å². The molecule has 0 fully saturated rings. The first kappa shape index (κ1) is 24.2. The van der Waals surface area contributed by atoms with Gasteiger partial charge in [0.05, 0.1) is 23.6 Å². The fourth-order valence-corrected chi connectivity index (χ4v) is 4.32. The first-order valence-electron chi connectivity index (χ1n) is 12.0. The van der Waals surface area contributed by atoms with Crippen molar-refractivity contribution >= 4 is 34.6 Å². The number of nitrogens with one attached hydrogen (secondary N) is 1. The molecule has 0 unspecified atom stereocenters. The van der Waals surface area contributed by atoms with Gasteiger partial charge in [-0.3, -0.25) is 4.79 Å². The average molecular weight is 470 g/mol. The van der Waals surface area contributed by atoms with Crippen molar-refractivity contribution in [3.05, 3.63) is 95.6 Å². The maximum absolute atomic E-state index is 13.6. The number of anilines is 2. The molecule has 2 amide bonds. The molecule has 35 heavy (non-hydrogen) atoms. The average Bonchev–Trinajstić information content (AvgIpc) is 3.16. The van der Waals surface area contributed by atoms with Crippen molar-refractivity contribution in [3.63, 3.8) is 0 Å². The highest BCUT2D eigenvalue weighted by atomic mass is 16.6. The number of benzene rings is 3. The minimum absolute atomic E-state index is 0.188. The van der Waals surface area contributed by atoms with Crippen LogP contribution in [0.25, 0.3) is 11.3 Å². The maximum Gasteiger partial charge on any atom is 0.421 e. The third kappa shape index (κ3) is 5.28. The van der Waals surface area contributed by atoms with E-state index in [1.807, 2.05) is 60.7 Å². The van der Waals surface area contributed by atoms with Gasteiger partial charge >= 0.3 is 6.09 Å². The summed E-state index contributed by atoms with van der Waals surface area (Å²) in [7, 11) is 2.12. The summed E-state index contributed by atoms with van der Waals surface area (Å²) in [5.41, 5.74) is 5.22. The van der Waals surface area contributed by atoms with Crippen molar-refractivity contribution in [2.45, 2.75) is 26.8 Å². The maximum atomic E-state index is 13.6. The standard InChI is InChI=1S/C29H31N3O3/c1-4-19-31(3)20-21-15-17-23(18-16-21)30-27(22-11-7-6-8-12-22)26-24-13-9-10-14-25(24)32(28(26)33)29(34)35-5-2/h6-18,30H,4-5,19-20H2,1-3H3/b27-26-. The molecule has 1 heterocycles. The van der Waals surface area contributed by atoms with E-state index in [1.54, 1.807) is 13.0 Å². The first-order valence-corrected chi connectivity index (χ1v) is 12.0. The summed E-state index contributed by atoms with van der Waals surface area (Å²) < 4.78 is 5.19. The van der Waals surface area contributed by atoms with Gasteiger partial charge in [-0.1, -0.05) is 67.6 Å². The number of rotatable bonds is 8. The predicted octanol–water partition coefficient (Wildman–Crippen LogP) is 6.01. The number of fused-ring (bicyclic) bond motifs is 1. The zero-order valence-electron chi connectivity index (χ0n) is 20.5. The van der Waals surface area contributed by atoms with E-state index in [0.29, 0.717) is 22.5 Å². The van der Waals surface area contributed by atoms with Gasteiger partial charge in [0.1, 0.15) is 0 Å². The van der Waals surface area contributed by atoms with Crippen LogP contribution in [0, 0.1) is 0 Å². The van der Waals surface area contributed by atoms with Crippen LogP contribution >= 0.6 is 0 Å². The van der Waals surface area contributed by atoms with Gasteiger partial charge in [-0.15, -0.1) is 0 Å². The number of carbonyl (C=O) groups excluding carboxylic acids is 2. The Labute approximate surface area is 206 Å². The Bertz CT molecular complexity index is 1220. The lowest BCUT2D eigenvalue weighted by molar-refractivity contribution is -0.112. The number of hydrogen-bond donors (Lipinski definition) is 1. The summed E-state index contributed by atoms with van der Waals surface area (Å²) in [4.78, 5) is 29.7. The summed E-state index contributed by atoms with van der Waals surface area (Å²) >= 11 is 0. The molecule has 6 nitrogen and oxygen atoms in total. The molecule has 0 atom stereocenters. The highest BCUT2D eigenvalue weighted by Gasteiger charge is 2.39. The van der Waals surface area contributed by atoms with Crippen molar-refractivity contribution < 1.29 is 14.3 Å². The number of ether oxygens (including phenoxy) is 1. The van der Waals surface area contributed by atoms with Crippen LogP contribution in [0.2, 0.25) is 0 Å². The van der Waals surface area contributed by atoms with Gasteiger partial charge in [0.15, 0.2) is 0 Å². The second-order valence-corrected chi connectivity index (χ2v) is 8.53. The van der Waals surface area contributed by atoms with Crippen molar-refractivity contribution in [3.8, 4) is 0 Å². The predicted molar refractivity (Wildman–Crippen MR) is 141 cm³/mol. The van der Waals surface area contributed by atoms with Crippen LogP contribution in [0.4, 0.5) is 16.2 Å². The van der Waals surface area contributed by atoms with E-state index < -0.39 is 12.0 Å². The molecular formula is C29H31N3O3. The quantitative estimate of drug-likeness (QED) is 0.409. The molecule has 3 aromatic rings. The SMILES string of the molecule is CCCN(C)Cc1ccc(N/C(=C2\C(=O)N(C(=O)OCC)c3ccccc32)c2ccccc2)cc1. The topological polar surface area (TPSA) is 61.9 Å². The molecule has 1 N–H and O–H groups in total. The van der Waals surface area contributed by atoms with Gasteiger partial charge in [-0.2, -0.15) is 0 Å². The van der Waals surface area contributed by atoms with Crippen molar-refractivity contribution in [1.82, 2.24) is 4.90 Å². The van der Waals surface area contributed by atoms with Crippen LogP contribution in [0.5, 0.6) is 0 Å². The molecule has 0 aromatic heterocycles. The lowest BCUT2D eigenvalue weighted by atomic mass is 10.00. The second kappa shape index (κ2) is 11.0.